The molecule has 2 N–H and O–H groups in total. The van der Waals surface area contributed by atoms with Gasteiger partial charge < -0.3 is 6.74 Å². The first-order chi connectivity index (χ1) is 8.56. The molecule has 112 valence electrons. The maximum absolute atomic E-state index is 10.4. The second-order valence-corrected chi connectivity index (χ2v) is 6.44. The van der Waals surface area contributed by atoms with E-state index in [9.17, 15) is 8.42 Å². The Morgan fingerprint density at radius 2 is 1.37 bits per heavy atom. The van der Waals surface area contributed by atoms with Crippen LogP contribution < -0.4 is 34.9 Å². The van der Waals surface area contributed by atoms with Crippen molar-refractivity contribution in [2.24, 2.45) is 0 Å². The molecule has 0 bridgehead atoms. The second-order valence-electron chi connectivity index (χ2n) is 4.86. The Balaban J connectivity index is -0.00000144. The topological polar surface area (TPSA) is 66.4 Å². The largest absolute Gasteiger partial charge is 1.00 e. The summed E-state index contributed by atoms with van der Waals surface area (Å²) >= 11 is 0. The molecule has 0 fully saturated rings. The normalized spacial score (nSPS) is 11.3. The van der Waals surface area contributed by atoms with Crippen molar-refractivity contribution in [1.82, 2.24) is 5.32 Å². The van der Waals surface area contributed by atoms with Gasteiger partial charge in [-0.15, -0.1) is 0 Å². The van der Waals surface area contributed by atoms with Gasteiger partial charge in [0.1, 0.15) is 0 Å². The van der Waals surface area contributed by atoms with Crippen LogP contribution in [0.4, 0.5) is 0 Å². The minimum atomic E-state index is -3.78. The van der Waals surface area contributed by atoms with Crippen LogP contribution in [0.25, 0.3) is 0 Å². The number of rotatable bonds is 13. The summed E-state index contributed by atoms with van der Waals surface area (Å²) in [5, 5.41) is 3.19. The Bertz CT molecular complexity index is 277. The SMILES string of the molecule is CCCCCCCCCCNCCCS(=O)(=O)O.[H-].[Na+]. The van der Waals surface area contributed by atoms with Gasteiger partial charge >= 0.3 is 29.6 Å². The van der Waals surface area contributed by atoms with E-state index in [4.69, 9.17) is 4.55 Å². The van der Waals surface area contributed by atoms with E-state index in [0.717, 1.165) is 13.0 Å². The molecule has 0 unspecified atom stereocenters. The molecule has 4 nitrogen and oxygen atoms in total. The zero-order valence-corrected chi connectivity index (χ0v) is 15.5. The summed E-state index contributed by atoms with van der Waals surface area (Å²) in [6.07, 6.45) is 10.9. The van der Waals surface area contributed by atoms with Crippen LogP contribution >= 0.6 is 0 Å². The molecule has 0 heterocycles. The van der Waals surface area contributed by atoms with Crippen LogP contribution in [-0.4, -0.2) is 31.8 Å². The molecule has 0 amide bonds. The molecule has 0 saturated heterocycles. The summed E-state index contributed by atoms with van der Waals surface area (Å²) in [6, 6.07) is 0. The molecule has 19 heavy (non-hydrogen) atoms. The van der Waals surface area contributed by atoms with E-state index in [1.54, 1.807) is 0 Å². The van der Waals surface area contributed by atoms with E-state index < -0.39 is 10.1 Å². The number of hydrogen-bond donors (Lipinski definition) is 2. The summed E-state index contributed by atoms with van der Waals surface area (Å²) in [4.78, 5) is 0. The molecular formula is C13H30NNaO3S. The summed E-state index contributed by atoms with van der Waals surface area (Å²) in [6.45, 7) is 3.84. The van der Waals surface area contributed by atoms with E-state index in [1.807, 2.05) is 0 Å². The maximum Gasteiger partial charge on any atom is 1.00 e. The minimum Gasteiger partial charge on any atom is -1.00 e. The second kappa shape index (κ2) is 15.3. The van der Waals surface area contributed by atoms with Crippen LogP contribution in [0.1, 0.15) is 66.1 Å². The average molecular weight is 303 g/mol. The van der Waals surface area contributed by atoms with Crippen molar-refractivity contribution < 1.29 is 44.0 Å². The van der Waals surface area contributed by atoms with Gasteiger partial charge in [-0.3, -0.25) is 4.55 Å². The molecule has 0 aromatic carbocycles. The van der Waals surface area contributed by atoms with E-state index in [1.165, 1.54) is 44.9 Å². The van der Waals surface area contributed by atoms with E-state index in [2.05, 4.69) is 12.2 Å². The molecule has 0 radical (unpaired) electrons. The van der Waals surface area contributed by atoms with Crippen molar-refractivity contribution in [1.29, 1.82) is 0 Å². The first kappa shape index (κ1) is 22.2. The molecule has 0 atom stereocenters. The van der Waals surface area contributed by atoms with Crippen LogP contribution in [0.5, 0.6) is 0 Å². The van der Waals surface area contributed by atoms with Crippen molar-refractivity contribution in [2.45, 2.75) is 64.7 Å². The smallest absolute Gasteiger partial charge is 1.00 e. The Kier molecular flexibility index (Phi) is 17.8. The molecule has 0 rings (SSSR count). The molecule has 0 aliphatic heterocycles. The van der Waals surface area contributed by atoms with Crippen molar-refractivity contribution >= 4 is 10.1 Å². The molecule has 0 saturated carbocycles. The minimum absolute atomic E-state index is 0. The maximum atomic E-state index is 10.4. The third-order valence-corrected chi connectivity index (χ3v) is 3.77. The third kappa shape index (κ3) is 21.3. The molecule has 0 aliphatic carbocycles. The molecule has 0 aliphatic rings. The fraction of sp³-hybridized carbons (Fsp3) is 1.00. The number of hydrogen-bond acceptors (Lipinski definition) is 3. The van der Waals surface area contributed by atoms with Gasteiger partial charge in [-0.05, 0) is 25.9 Å². The molecule has 0 aromatic rings. The van der Waals surface area contributed by atoms with Gasteiger partial charge in [0.25, 0.3) is 10.1 Å². The van der Waals surface area contributed by atoms with Gasteiger partial charge in [0.2, 0.25) is 0 Å². The van der Waals surface area contributed by atoms with Crippen molar-refractivity contribution in [3.63, 3.8) is 0 Å². The fourth-order valence-electron chi connectivity index (χ4n) is 1.89. The standard InChI is InChI=1S/C13H29NO3S.Na.H/c1-2-3-4-5-6-7-8-9-11-14-12-10-13-18(15,16)17;;/h14H,2-13H2,1H3,(H,15,16,17);;/q;+1;-1. The van der Waals surface area contributed by atoms with Crippen LogP contribution in [0.3, 0.4) is 0 Å². The van der Waals surface area contributed by atoms with Crippen LogP contribution in [0, 0.1) is 0 Å². The summed E-state index contributed by atoms with van der Waals surface area (Å²) in [7, 11) is -3.78. The van der Waals surface area contributed by atoms with E-state index >= 15 is 0 Å². The third-order valence-electron chi connectivity index (χ3n) is 2.96. The summed E-state index contributed by atoms with van der Waals surface area (Å²) in [5.74, 6) is -0.141. The zero-order chi connectivity index (χ0) is 13.7. The van der Waals surface area contributed by atoms with Crippen molar-refractivity contribution in [3.8, 4) is 0 Å². The first-order valence-electron chi connectivity index (χ1n) is 7.22. The van der Waals surface area contributed by atoms with Crippen molar-refractivity contribution in [3.05, 3.63) is 0 Å². The Labute approximate surface area is 142 Å². The van der Waals surface area contributed by atoms with Gasteiger partial charge in [-0.1, -0.05) is 51.9 Å². The predicted molar refractivity (Wildman–Crippen MR) is 77.6 cm³/mol. The van der Waals surface area contributed by atoms with Crippen LogP contribution in [0.15, 0.2) is 0 Å². The van der Waals surface area contributed by atoms with Crippen molar-refractivity contribution in [2.75, 3.05) is 18.8 Å². The summed E-state index contributed by atoms with van der Waals surface area (Å²) in [5.41, 5.74) is 0. The monoisotopic (exact) mass is 303 g/mol. The Morgan fingerprint density at radius 3 is 1.89 bits per heavy atom. The average Bonchev–Trinajstić information content (AvgIpc) is 2.29. The fourth-order valence-corrected chi connectivity index (χ4v) is 2.40. The van der Waals surface area contributed by atoms with Crippen LogP contribution in [0.2, 0.25) is 0 Å². The Morgan fingerprint density at radius 1 is 0.895 bits per heavy atom. The van der Waals surface area contributed by atoms with Gasteiger partial charge in [-0.25, -0.2) is 0 Å². The van der Waals surface area contributed by atoms with Gasteiger partial charge in [0.05, 0.1) is 5.75 Å². The number of unbranched alkanes of at least 4 members (excludes halogenated alkanes) is 7. The van der Waals surface area contributed by atoms with Gasteiger partial charge in [0.15, 0.2) is 0 Å². The van der Waals surface area contributed by atoms with Gasteiger partial charge in [-0.2, -0.15) is 8.42 Å². The molecule has 0 spiro atoms. The Hall–Kier alpha value is 0.870. The van der Waals surface area contributed by atoms with Gasteiger partial charge in [0, 0.05) is 0 Å². The molecule has 6 heteroatoms. The zero-order valence-electron chi connectivity index (χ0n) is 13.7. The van der Waals surface area contributed by atoms with E-state index in [0.29, 0.717) is 13.0 Å². The molecular weight excluding hydrogens is 273 g/mol. The van der Waals surface area contributed by atoms with E-state index in [-0.39, 0.29) is 36.7 Å². The quantitative estimate of drug-likeness (QED) is 0.288. The predicted octanol–water partition coefficient (Wildman–Crippen LogP) is 0.111. The first-order valence-corrected chi connectivity index (χ1v) is 8.83. The molecule has 0 aromatic heterocycles. The number of nitrogens with one attached hydrogen (secondary N) is 1. The summed E-state index contributed by atoms with van der Waals surface area (Å²) < 4.78 is 29.4. The van der Waals surface area contributed by atoms with Crippen LogP contribution in [-0.2, 0) is 10.1 Å².